The fourth-order valence-electron chi connectivity index (χ4n) is 1.89. The lowest BCUT2D eigenvalue weighted by atomic mass is 10.2. The molecule has 5 nitrogen and oxygen atoms in total. The first-order chi connectivity index (χ1) is 10.7. The van der Waals surface area contributed by atoms with Crippen molar-refractivity contribution in [1.82, 2.24) is 5.32 Å². The molecule has 0 atom stereocenters. The van der Waals surface area contributed by atoms with Crippen LogP contribution in [0.3, 0.4) is 0 Å². The zero-order valence-electron chi connectivity index (χ0n) is 12.2. The summed E-state index contributed by atoms with van der Waals surface area (Å²) in [5.41, 5.74) is 1.36. The van der Waals surface area contributed by atoms with Gasteiger partial charge in [-0.1, -0.05) is 24.3 Å². The van der Waals surface area contributed by atoms with Gasteiger partial charge in [0, 0.05) is 0 Å². The number of nitrogens with one attached hydrogen (secondary N) is 1. The van der Waals surface area contributed by atoms with E-state index in [0.29, 0.717) is 24.2 Å². The van der Waals surface area contributed by atoms with E-state index < -0.39 is 0 Å². The first kappa shape index (κ1) is 15.6. The largest absolute Gasteiger partial charge is 0.497 e. The van der Waals surface area contributed by atoms with Gasteiger partial charge in [0.2, 0.25) is 0 Å². The summed E-state index contributed by atoms with van der Waals surface area (Å²) < 4.78 is 10.8. The molecule has 2 rings (SSSR count). The zero-order valence-corrected chi connectivity index (χ0v) is 12.2. The van der Waals surface area contributed by atoms with E-state index in [2.05, 4.69) is 5.32 Å². The van der Waals surface area contributed by atoms with Crippen molar-refractivity contribution in [1.29, 1.82) is 0 Å². The maximum atomic E-state index is 12.0. The molecule has 0 fully saturated rings. The lowest BCUT2D eigenvalue weighted by Crippen LogP contribution is -2.25. The lowest BCUT2D eigenvalue weighted by molar-refractivity contribution is -0.107. The van der Waals surface area contributed by atoms with Crippen molar-refractivity contribution in [2.75, 3.05) is 13.7 Å². The summed E-state index contributed by atoms with van der Waals surface area (Å²) in [6.45, 7) is 0.313. The second-order valence-electron chi connectivity index (χ2n) is 4.51. The highest BCUT2D eigenvalue weighted by atomic mass is 16.5. The Kier molecular flexibility index (Phi) is 5.54. The van der Waals surface area contributed by atoms with Gasteiger partial charge in [-0.05, 0) is 29.8 Å². The molecule has 0 aromatic heterocycles. The van der Waals surface area contributed by atoms with Gasteiger partial charge in [-0.3, -0.25) is 4.79 Å². The fourth-order valence-corrected chi connectivity index (χ4v) is 1.89. The monoisotopic (exact) mass is 299 g/mol. The van der Waals surface area contributed by atoms with Crippen LogP contribution in [-0.2, 0) is 11.4 Å². The smallest absolute Gasteiger partial charge is 0.255 e. The normalized spacial score (nSPS) is 9.86. The van der Waals surface area contributed by atoms with Crippen LogP contribution in [0.2, 0.25) is 0 Å². The highest BCUT2D eigenvalue weighted by Crippen LogP contribution is 2.20. The number of benzene rings is 2. The molecule has 0 bridgehead atoms. The van der Waals surface area contributed by atoms with Crippen molar-refractivity contribution in [2.24, 2.45) is 0 Å². The maximum absolute atomic E-state index is 12.0. The minimum Gasteiger partial charge on any atom is -0.497 e. The maximum Gasteiger partial charge on any atom is 0.255 e. The van der Waals surface area contributed by atoms with Crippen LogP contribution >= 0.6 is 0 Å². The predicted molar refractivity (Wildman–Crippen MR) is 82.2 cm³/mol. The van der Waals surface area contributed by atoms with Crippen LogP contribution in [0.5, 0.6) is 11.5 Å². The van der Waals surface area contributed by atoms with Crippen LogP contribution in [0.4, 0.5) is 0 Å². The van der Waals surface area contributed by atoms with Crippen molar-refractivity contribution in [3.8, 4) is 11.5 Å². The van der Waals surface area contributed by atoms with E-state index >= 15 is 0 Å². The second-order valence-corrected chi connectivity index (χ2v) is 4.51. The van der Waals surface area contributed by atoms with E-state index in [-0.39, 0.29) is 12.5 Å². The number of carbonyl (C=O) groups is 2. The summed E-state index contributed by atoms with van der Waals surface area (Å²) in [5.74, 6) is 0.913. The van der Waals surface area contributed by atoms with E-state index in [1.165, 1.54) is 0 Å². The number of rotatable bonds is 7. The quantitative estimate of drug-likeness (QED) is 0.796. The Morgan fingerprint density at radius 2 is 1.86 bits per heavy atom. The highest BCUT2D eigenvalue weighted by Gasteiger charge is 2.11. The molecule has 2 aromatic rings. The molecule has 5 heteroatoms. The third-order valence-electron chi connectivity index (χ3n) is 3.03. The van der Waals surface area contributed by atoms with Gasteiger partial charge in [0.15, 0.2) is 0 Å². The number of hydrogen-bond acceptors (Lipinski definition) is 4. The number of aldehydes is 1. The summed E-state index contributed by atoms with van der Waals surface area (Å²) in [4.78, 5) is 22.3. The molecule has 22 heavy (non-hydrogen) atoms. The number of para-hydroxylation sites is 1. The SMILES string of the molecule is COc1ccc(COc2ccccc2C(=O)NCC=O)cc1. The van der Waals surface area contributed by atoms with E-state index in [1.807, 2.05) is 24.3 Å². The summed E-state index contributed by atoms with van der Waals surface area (Å²) >= 11 is 0. The van der Waals surface area contributed by atoms with Gasteiger partial charge in [0.05, 0.1) is 19.2 Å². The Hall–Kier alpha value is -2.82. The van der Waals surface area contributed by atoms with E-state index in [0.717, 1.165) is 11.3 Å². The lowest BCUT2D eigenvalue weighted by Gasteiger charge is -2.11. The molecule has 0 heterocycles. The molecule has 0 saturated carbocycles. The Labute approximate surface area is 128 Å². The summed E-state index contributed by atoms with van der Waals surface area (Å²) in [6, 6.07) is 14.4. The van der Waals surface area contributed by atoms with Crippen LogP contribution in [0.15, 0.2) is 48.5 Å². The molecular weight excluding hydrogens is 282 g/mol. The molecule has 0 aliphatic carbocycles. The molecular formula is C17H17NO4. The molecule has 0 radical (unpaired) electrons. The molecule has 0 unspecified atom stereocenters. The number of amides is 1. The van der Waals surface area contributed by atoms with Gasteiger partial charge < -0.3 is 19.6 Å². The molecule has 0 saturated heterocycles. The Morgan fingerprint density at radius 1 is 1.14 bits per heavy atom. The van der Waals surface area contributed by atoms with Crippen molar-refractivity contribution in [2.45, 2.75) is 6.61 Å². The molecule has 0 aliphatic rings. The Balaban J connectivity index is 2.05. The first-order valence-corrected chi connectivity index (χ1v) is 6.81. The first-order valence-electron chi connectivity index (χ1n) is 6.81. The van der Waals surface area contributed by atoms with Gasteiger partial charge in [-0.25, -0.2) is 0 Å². The molecule has 1 amide bonds. The number of ether oxygens (including phenoxy) is 2. The Morgan fingerprint density at radius 3 is 2.55 bits per heavy atom. The van der Waals surface area contributed by atoms with Crippen LogP contribution in [0.25, 0.3) is 0 Å². The minimum absolute atomic E-state index is 0.0222. The Bertz CT molecular complexity index is 637. The van der Waals surface area contributed by atoms with E-state index in [1.54, 1.807) is 31.4 Å². The topological polar surface area (TPSA) is 64.6 Å². The molecule has 0 spiro atoms. The third-order valence-corrected chi connectivity index (χ3v) is 3.03. The predicted octanol–water partition coefficient (Wildman–Crippen LogP) is 2.20. The van der Waals surface area contributed by atoms with Gasteiger partial charge in [-0.15, -0.1) is 0 Å². The van der Waals surface area contributed by atoms with Crippen molar-refractivity contribution in [3.05, 3.63) is 59.7 Å². The average molecular weight is 299 g/mol. The third kappa shape index (κ3) is 4.09. The van der Waals surface area contributed by atoms with Gasteiger partial charge in [0.25, 0.3) is 5.91 Å². The van der Waals surface area contributed by atoms with Crippen LogP contribution < -0.4 is 14.8 Å². The van der Waals surface area contributed by atoms with Gasteiger partial charge in [0.1, 0.15) is 24.4 Å². The standard InChI is InChI=1S/C17H17NO4/c1-21-14-8-6-13(7-9-14)12-22-16-5-3-2-4-15(16)17(20)18-10-11-19/h2-9,11H,10,12H2,1H3,(H,18,20). The summed E-state index contributed by atoms with van der Waals surface area (Å²) in [7, 11) is 1.61. The summed E-state index contributed by atoms with van der Waals surface area (Å²) in [5, 5.41) is 2.50. The highest BCUT2D eigenvalue weighted by molar-refractivity contribution is 5.97. The fraction of sp³-hybridized carbons (Fsp3) is 0.176. The van der Waals surface area contributed by atoms with Gasteiger partial charge >= 0.3 is 0 Å². The molecule has 1 N–H and O–H groups in total. The van der Waals surface area contributed by atoms with Crippen molar-refractivity contribution >= 4 is 12.2 Å². The number of methoxy groups -OCH3 is 1. The van der Waals surface area contributed by atoms with E-state index in [4.69, 9.17) is 9.47 Å². The van der Waals surface area contributed by atoms with Crippen molar-refractivity contribution < 1.29 is 19.1 Å². The number of carbonyl (C=O) groups excluding carboxylic acids is 2. The van der Waals surface area contributed by atoms with E-state index in [9.17, 15) is 9.59 Å². The number of hydrogen-bond donors (Lipinski definition) is 1. The van der Waals surface area contributed by atoms with Crippen molar-refractivity contribution in [3.63, 3.8) is 0 Å². The minimum atomic E-state index is -0.336. The van der Waals surface area contributed by atoms with Gasteiger partial charge in [-0.2, -0.15) is 0 Å². The van der Waals surface area contributed by atoms with Crippen LogP contribution in [-0.4, -0.2) is 25.8 Å². The second kappa shape index (κ2) is 7.83. The summed E-state index contributed by atoms with van der Waals surface area (Å²) in [6.07, 6.45) is 0.638. The van der Waals surface area contributed by atoms with Crippen LogP contribution in [0, 0.1) is 0 Å². The zero-order chi connectivity index (χ0) is 15.8. The molecule has 114 valence electrons. The molecule has 2 aromatic carbocycles. The average Bonchev–Trinajstić information content (AvgIpc) is 2.58. The van der Waals surface area contributed by atoms with Crippen LogP contribution in [0.1, 0.15) is 15.9 Å². The molecule has 0 aliphatic heterocycles.